The van der Waals surface area contributed by atoms with E-state index in [0.717, 1.165) is 68.7 Å². The van der Waals surface area contributed by atoms with Crippen molar-refractivity contribution in [1.82, 2.24) is 23.7 Å². The van der Waals surface area contributed by atoms with Crippen LogP contribution in [-0.2, 0) is 10.0 Å². The topological polar surface area (TPSA) is 134 Å². The molecular weight excluding hydrogens is 658 g/mol. The summed E-state index contributed by atoms with van der Waals surface area (Å²) < 4.78 is 32.4. The van der Waals surface area contributed by atoms with Gasteiger partial charge in [-0.05, 0) is 66.5 Å². The van der Waals surface area contributed by atoms with Crippen molar-refractivity contribution >= 4 is 71.5 Å². The van der Waals surface area contributed by atoms with Gasteiger partial charge in [-0.15, -0.1) is 0 Å². The molecule has 4 aromatic rings. The molecule has 2 fully saturated rings. The molecule has 2 aliphatic rings. The third kappa shape index (κ3) is 6.55. The fourth-order valence-electron chi connectivity index (χ4n) is 6.34. The van der Waals surface area contributed by atoms with Crippen LogP contribution in [0.2, 0.25) is 0 Å². The van der Waals surface area contributed by atoms with Crippen LogP contribution in [0.25, 0.3) is 10.9 Å². The molecule has 6 rings (SSSR count). The lowest BCUT2D eigenvalue weighted by Gasteiger charge is -2.43. The van der Waals surface area contributed by atoms with E-state index in [-0.39, 0.29) is 11.8 Å². The second-order valence-corrected chi connectivity index (χ2v) is 14.5. The number of benzene rings is 2. The molecule has 0 saturated carbocycles. The molecule has 14 heteroatoms. The first-order chi connectivity index (χ1) is 21.5. The zero-order valence-corrected chi connectivity index (χ0v) is 28.4. The quantitative estimate of drug-likeness (QED) is 0.238. The summed E-state index contributed by atoms with van der Waals surface area (Å²) in [6, 6.07) is 12.0. The summed E-state index contributed by atoms with van der Waals surface area (Å²) in [5.74, 6) is 1.54. The third-order valence-corrected chi connectivity index (χ3v) is 10.6. The largest absolute Gasteiger partial charge is 0.494 e. The molecule has 2 aliphatic heterocycles. The first-order valence-electron chi connectivity index (χ1n) is 15.1. The fraction of sp³-hybridized carbons (Fsp3) is 0.419. The van der Waals surface area contributed by atoms with Gasteiger partial charge in [-0.25, -0.2) is 12.4 Å². The molecule has 2 aromatic carbocycles. The number of fused-ring (bicyclic) bond motifs is 1. The number of hydrogen-bond donors (Lipinski definition) is 3. The molecule has 0 spiro atoms. The van der Waals surface area contributed by atoms with Crippen molar-refractivity contribution in [2.24, 2.45) is 0 Å². The Morgan fingerprint density at radius 3 is 2.42 bits per heavy atom. The van der Waals surface area contributed by atoms with Crippen LogP contribution in [0.15, 0.2) is 47.1 Å². The molecule has 2 aromatic heterocycles. The van der Waals surface area contributed by atoms with Gasteiger partial charge in [-0.3, -0.25) is 4.90 Å². The molecule has 12 nitrogen and oxygen atoms in total. The minimum absolute atomic E-state index is 0.219. The van der Waals surface area contributed by atoms with E-state index in [9.17, 15) is 8.42 Å². The van der Waals surface area contributed by atoms with Crippen molar-refractivity contribution in [3.63, 3.8) is 0 Å². The number of aryl methyl sites for hydroxylation is 1. The third-order valence-electron chi connectivity index (χ3n) is 8.79. The molecule has 45 heavy (non-hydrogen) atoms. The molecule has 0 unspecified atom stereocenters. The van der Waals surface area contributed by atoms with Crippen molar-refractivity contribution in [2.75, 3.05) is 80.9 Å². The monoisotopic (exact) mass is 697 g/mol. The summed E-state index contributed by atoms with van der Waals surface area (Å²) in [7, 11) is 0.326. The predicted molar refractivity (Wildman–Crippen MR) is 185 cm³/mol. The summed E-state index contributed by atoms with van der Waals surface area (Å²) in [5, 5.41) is 7.32. The Morgan fingerprint density at radius 1 is 1.00 bits per heavy atom. The number of anilines is 6. The lowest BCUT2D eigenvalue weighted by atomic mass is 10.0. The second-order valence-electron chi connectivity index (χ2n) is 11.9. The Bertz CT molecular complexity index is 1810. The Kier molecular flexibility index (Phi) is 8.83. The van der Waals surface area contributed by atoms with Crippen LogP contribution in [0.1, 0.15) is 18.4 Å². The van der Waals surface area contributed by atoms with E-state index in [2.05, 4.69) is 77.3 Å². The average molecular weight is 699 g/mol. The maximum atomic E-state index is 12.4. The summed E-state index contributed by atoms with van der Waals surface area (Å²) in [5.41, 5.74) is 10.4. The average Bonchev–Trinajstić information content (AvgIpc) is 3.47. The van der Waals surface area contributed by atoms with Gasteiger partial charge in [0.05, 0.1) is 30.3 Å². The highest BCUT2D eigenvalue weighted by Gasteiger charge is 2.28. The molecule has 4 heterocycles. The lowest BCUT2D eigenvalue weighted by Crippen LogP contribution is -2.52. The first kappa shape index (κ1) is 31.4. The van der Waals surface area contributed by atoms with Gasteiger partial charge < -0.3 is 30.9 Å². The number of piperidine rings is 1. The van der Waals surface area contributed by atoms with Gasteiger partial charge in [0.2, 0.25) is 16.0 Å². The van der Waals surface area contributed by atoms with Crippen molar-refractivity contribution in [1.29, 1.82) is 0 Å². The van der Waals surface area contributed by atoms with E-state index in [1.54, 1.807) is 19.2 Å². The number of nitrogens with one attached hydrogen (secondary N) is 2. The van der Waals surface area contributed by atoms with E-state index >= 15 is 0 Å². The van der Waals surface area contributed by atoms with Gasteiger partial charge in [0.25, 0.3) is 0 Å². The maximum Gasteiger partial charge on any atom is 0.236 e. The number of aromatic nitrogens is 3. The molecule has 2 saturated heterocycles. The molecule has 0 radical (unpaired) electrons. The number of nitrogens with zero attached hydrogens (tertiary/aromatic N) is 6. The van der Waals surface area contributed by atoms with Gasteiger partial charge in [0, 0.05) is 68.6 Å². The molecule has 0 aliphatic carbocycles. The number of ether oxygens (including phenoxy) is 1. The number of rotatable bonds is 8. The number of piperazine rings is 1. The van der Waals surface area contributed by atoms with Gasteiger partial charge in [-0.2, -0.15) is 9.97 Å². The van der Waals surface area contributed by atoms with Crippen LogP contribution in [0.4, 0.5) is 34.6 Å². The smallest absolute Gasteiger partial charge is 0.236 e. The Labute approximate surface area is 272 Å². The Balaban J connectivity index is 1.22. The van der Waals surface area contributed by atoms with Crippen molar-refractivity contribution in [3.05, 3.63) is 52.6 Å². The van der Waals surface area contributed by atoms with Crippen LogP contribution in [-0.4, -0.2) is 97.9 Å². The SMILES string of the molecule is COc1cc(N2CCC(N3CCN(C)CC3)CC2)c(C)cc1Nc1nc(N)c(Br)c(Nc2cccc3ccn(S(C)(=O)=O)c23)n1. The van der Waals surface area contributed by atoms with Crippen LogP contribution in [0.3, 0.4) is 0 Å². The van der Waals surface area contributed by atoms with E-state index in [4.69, 9.17) is 10.5 Å². The highest BCUT2D eigenvalue weighted by Crippen LogP contribution is 2.38. The van der Waals surface area contributed by atoms with E-state index < -0.39 is 10.0 Å². The summed E-state index contributed by atoms with van der Waals surface area (Å²) in [6.07, 6.45) is 5.00. The summed E-state index contributed by atoms with van der Waals surface area (Å²) >= 11 is 3.49. The van der Waals surface area contributed by atoms with Gasteiger partial charge >= 0.3 is 0 Å². The maximum absolute atomic E-state index is 12.4. The number of hydrogen-bond acceptors (Lipinski definition) is 11. The molecule has 0 bridgehead atoms. The molecular formula is C31H40BrN9O3S. The normalized spacial score (nSPS) is 17.1. The molecule has 240 valence electrons. The zero-order valence-electron chi connectivity index (χ0n) is 26.0. The summed E-state index contributed by atoms with van der Waals surface area (Å²) in [6.45, 7) is 8.70. The Hall–Kier alpha value is -3.59. The van der Waals surface area contributed by atoms with E-state index in [0.29, 0.717) is 39.0 Å². The van der Waals surface area contributed by atoms with Crippen LogP contribution in [0.5, 0.6) is 5.75 Å². The molecule has 4 N–H and O–H groups in total. The van der Waals surface area contributed by atoms with Crippen LogP contribution >= 0.6 is 15.9 Å². The van der Waals surface area contributed by atoms with Gasteiger partial charge in [-0.1, -0.05) is 12.1 Å². The number of nitrogen functional groups attached to an aromatic ring is 1. The van der Waals surface area contributed by atoms with Crippen molar-refractivity contribution < 1.29 is 13.2 Å². The predicted octanol–water partition coefficient (Wildman–Crippen LogP) is 4.60. The number of para-hydroxylation sites is 1. The number of methoxy groups -OCH3 is 1. The molecule has 0 atom stereocenters. The van der Waals surface area contributed by atoms with Crippen molar-refractivity contribution in [2.45, 2.75) is 25.8 Å². The number of halogens is 1. The van der Waals surface area contributed by atoms with Gasteiger partial charge in [0.15, 0.2) is 5.82 Å². The van der Waals surface area contributed by atoms with Crippen LogP contribution in [0, 0.1) is 6.92 Å². The standard InChI is InChI=1S/C31H40BrN9O3S/c1-20-18-24(26(44-3)19-25(20)40-11-9-22(10-12-40)39-16-14-38(2)15-17-39)35-31-36-29(33)27(32)30(37-31)34-23-7-5-6-21-8-13-41(28(21)23)45(4,42)43/h5-8,13,18-19,22H,9-12,14-17H2,1-4H3,(H4,33,34,35,36,37). The first-order valence-corrected chi connectivity index (χ1v) is 17.7. The minimum atomic E-state index is -3.53. The minimum Gasteiger partial charge on any atom is -0.494 e. The Morgan fingerprint density at radius 2 is 1.73 bits per heavy atom. The highest BCUT2D eigenvalue weighted by molar-refractivity contribution is 9.10. The van der Waals surface area contributed by atoms with E-state index in [1.807, 2.05) is 12.1 Å². The zero-order chi connectivity index (χ0) is 31.9. The van der Waals surface area contributed by atoms with Crippen molar-refractivity contribution in [3.8, 4) is 5.75 Å². The van der Waals surface area contributed by atoms with Gasteiger partial charge in [0.1, 0.15) is 16.0 Å². The second kappa shape index (κ2) is 12.7. The summed E-state index contributed by atoms with van der Waals surface area (Å²) in [4.78, 5) is 16.7. The fourth-order valence-corrected chi connectivity index (χ4v) is 7.43. The number of likely N-dealkylation sites (N-methyl/N-ethyl adjacent to an activating group) is 1. The van der Waals surface area contributed by atoms with E-state index in [1.165, 1.54) is 16.4 Å². The molecule has 0 amide bonds. The lowest BCUT2D eigenvalue weighted by molar-refractivity contribution is 0.0982. The highest BCUT2D eigenvalue weighted by atomic mass is 79.9. The number of nitrogens with two attached hydrogens (primary N) is 1. The van der Waals surface area contributed by atoms with Crippen LogP contribution < -0.4 is 26.0 Å².